The largest absolute Gasteiger partial charge is 0.497 e. The zero-order valence-corrected chi connectivity index (χ0v) is 20.3. The van der Waals surface area contributed by atoms with Gasteiger partial charge in [0.15, 0.2) is 0 Å². The number of benzene rings is 4. The second-order valence-corrected chi connectivity index (χ2v) is 9.76. The van der Waals surface area contributed by atoms with Gasteiger partial charge in [-0.1, -0.05) is 66.7 Å². The first-order chi connectivity index (χ1) is 18.5. The van der Waals surface area contributed by atoms with Gasteiger partial charge in [0.2, 0.25) is 29.0 Å². The molecule has 4 aromatic rings. The van der Waals surface area contributed by atoms with E-state index in [1.54, 1.807) is 48.5 Å². The summed E-state index contributed by atoms with van der Waals surface area (Å²) in [6.45, 7) is 0. The zero-order chi connectivity index (χ0) is 26.2. The van der Waals surface area contributed by atoms with Gasteiger partial charge in [-0.25, -0.2) is 4.90 Å². The number of nitrogens with zero attached hydrogens (tertiary/aromatic N) is 1. The highest BCUT2D eigenvalue weighted by atomic mass is 16.5. The fourth-order valence-electron chi connectivity index (χ4n) is 6.28. The summed E-state index contributed by atoms with van der Waals surface area (Å²) in [5.74, 6) is -4.06. The Labute approximate surface area is 217 Å². The number of imide groups is 1. The van der Waals surface area contributed by atoms with Crippen LogP contribution in [0.4, 0.5) is 5.69 Å². The predicted molar refractivity (Wildman–Crippen MR) is 138 cm³/mol. The lowest BCUT2D eigenvalue weighted by Crippen LogP contribution is -2.51. The molecule has 2 amide bonds. The molecule has 2 heterocycles. The predicted octanol–water partition coefficient (Wildman–Crippen LogP) is 4.54. The maximum absolute atomic E-state index is 14.1. The topological polar surface area (TPSA) is 90.0 Å². The van der Waals surface area contributed by atoms with Crippen LogP contribution in [-0.2, 0) is 14.3 Å². The second kappa shape index (κ2) is 7.94. The van der Waals surface area contributed by atoms with E-state index in [1.807, 2.05) is 42.5 Å². The number of rotatable bonds is 3. The van der Waals surface area contributed by atoms with E-state index in [4.69, 9.17) is 9.47 Å². The highest BCUT2D eigenvalue weighted by molar-refractivity contribution is 6.37. The van der Waals surface area contributed by atoms with Crippen LogP contribution in [0.3, 0.4) is 0 Å². The van der Waals surface area contributed by atoms with Crippen LogP contribution in [0, 0.1) is 11.8 Å². The molecule has 4 aromatic carbocycles. The lowest BCUT2D eigenvalue weighted by Gasteiger charge is -2.27. The van der Waals surface area contributed by atoms with Crippen molar-refractivity contribution in [1.29, 1.82) is 0 Å². The van der Waals surface area contributed by atoms with Crippen LogP contribution in [0.5, 0.6) is 5.75 Å². The van der Waals surface area contributed by atoms with Gasteiger partial charge in [0.25, 0.3) is 0 Å². The number of hydrogen-bond acceptors (Lipinski definition) is 6. The maximum Gasteiger partial charge on any atom is 0.241 e. The molecule has 0 aromatic heterocycles. The van der Waals surface area contributed by atoms with E-state index in [9.17, 15) is 19.2 Å². The molecule has 1 aliphatic carbocycles. The summed E-state index contributed by atoms with van der Waals surface area (Å²) in [6.07, 6.45) is -0.979. The third-order valence-electron chi connectivity index (χ3n) is 7.98. The number of hydrogen-bond donors (Lipinski definition) is 0. The minimum absolute atomic E-state index is 0.206. The van der Waals surface area contributed by atoms with Gasteiger partial charge in [-0.2, -0.15) is 0 Å². The van der Waals surface area contributed by atoms with E-state index < -0.39 is 46.9 Å². The van der Waals surface area contributed by atoms with Crippen molar-refractivity contribution in [1.82, 2.24) is 0 Å². The Morgan fingerprint density at radius 1 is 0.737 bits per heavy atom. The summed E-state index contributed by atoms with van der Waals surface area (Å²) in [7, 11) is 1.52. The van der Waals surface area contributed by atoms with E-state index >= 15 is 0 Å². The monoisotopic (exact) mass is 503 g/mol. The van der Waals surface area contributed by atoms with Crippen LogP contribution in [0.15, 0.2) is 91.0 Å². The fraction of sp³-hybridized carbons (Fsp3) is 0.161. The first-order valence-corrected chi connectivity index (χ1v) is 12.3. The number of carbonyl (C=O) groups excluding carboxylic acids is 4. The molecule has 0 N–H and O–H groups in total. The fourth-order valence-corrected chi connectivity index (χ4v) is 6.28. The van der Waals surface area contributed by atoms with Crippen LogP contribution < -0.4 is 9.64 Å². The molecule has 3 aliphatic rings. The lowest BCUT2D eigenvalue weighted by atomic mass is 9.77. The maximum atomic E-state index is 14.1. The molecule has 0 unspecified atom stereocenters. The van der Waals surface area contributed by atoms with Gasteiger partial charge in [-0.05, 0) is 40.6 Å². The molecule has 2 saturated heterocycles. The molecule has 0 saturated carbocycles. The van der Waals surface area contributed by atoms with Gasteiger partial charge < -0.3 is 9.47 Å². The van der Waals surface area contributed by atoms with Gasteiger partial charge >= 0.3 is 0 Å². The summed E-state index contributed by atoms with van der Waals surface area (Å²) in [4.78, 5) is 57.1. The molecule has 1 spiro atoms. The van der Waals surface area contributed by atoms with Crippen molar-refractivity contribution < 1.29 is 28.7 Å². The number of anilines is 1. The molecule has 38 heavy (non-hydrogen) atoms. The van der Waals surface area contributed by atoms with Crippen molar-refractivity contribution in [3.05, 3.63) is 108 Å². The summed E-state index contributed by atoms with van der Waals surface area (Å²) in [5.41, 5.74) is -0.693. The highest BCUT2D eigenvalue weighted by Crippen LogP contribution is 2.58. The molecular weight excluding hydrogens is 482 g/mol. The Morgan fingerprint density at radius 2 is 1.37 bits per heavy atom. The van der Waals surface area contributed by atoms with Crippen molar-refractivity contribution in [2.45, 2.75) is 11.7 Å². The molecule has 7 rings (SSSR count). The van der Waals surface area contributed by atoms with Crippen molar-refractivity contribution in [3.63, 3.8) is 0 Å². The summed E-state index contributed by atoms with van der Waals surface area (Å²) in [5, 5.41) is 1.75. The van der Waals surface area contributed by atoms with Gasteiger partial charge in [-0.3, -0.25) is 19.2 Å². The first kappa shape index (κ1) is 22.6. The number of carbonyl (C=O) groups is 4. The normalized spacial score (nSPS) is 23.4. The lowest BCUT2D eigenvalue weighted by molar-refractivity contribution is -0.127. The molecule has 2 aliphatic heterocycles. The Balaban J connectivity index is 1.44. The standard InChI is InChI=1S/C31H21NO6/c1-37-19-15-13-18(14-16-19)32-29(35)24-25(30(32)36)31(27(33)22-10-4-5-11-23(22)28(31)34)38-26(24)21-12-6-8-17-7-2-3-9-20(17)21/h2-16,24-26H,1H3/t24-,25+,26-/m1/s1. The number of methoxy groups -OCH3 is 1. The third-order valence-corrected chi connectivity index (χ3v) is 7.98. The SMILES string of the molecule is COc1ccc(N2C(=O)[C@H]3[C@@H](c4cccc5ccccc45)OC4(C(=O)c5ccccc5C4=O)[C@@H]3C2=O)cc1. The molecule has 7 nitrogen and oxygen atoms in total. The third kappa shape index (κ3) is 2.76. The van der Waals surface area contributed by atoms with Gasteiger partial charge in [0.1, 0.15) is 5.75 Å². The minimum Gasteiger partial charge on any atom is -0.497 e. The van der Waals surface area contributed by atoms with E-state index in [2.05, 4.69) is 0 Å². The van der Waals surface area contributed by atoms with E-state index in [0.717, 1.165) is 15.7 Å². The van der Waals surface area contributed by atoms with E-state index in [0.29, 0.717) is 17.0 Å². The smallest absolute Gasteiger partial charge is 0.241 e. The number of ether oxygens (including phenoxy) is 2. The molecule has 2 fully saturated rings. The summed E-state index contributed by atoms with van der Waals surface area (Å²) < 4.78 is 11.7. The first-order valence-electron chi connectivity index (χ1n) is 12.3. The average molecular weight is 504 g/mol. The number of fused-ring (bicyclic) bond motifs is 4. The van der Waals surface area contributed by atoms with Crippen LogP contribution in [0.1, 0.15) is 32.4 Å². The van der Waals surface area contributed by atoms with Crippen molar-refractivity contribution in [2.75, 3.05) is 12.0 Å². The van der Waals surface area contributed by atoms with Crippen molar-refractivity contribution >= 4 is 39.8 Å². The quantitative estimate of drug-likeness (QED) is 0.301. The minimum atomic E-state index is -2.11. The highest BCUT2D eigenvalue weighted by Gasteiger charge is 2.74. The Morgan fingerprint density at radius 3 is 2.05 bits per heavy atom. The summed E-state index contributed by atoms with van der Waals surface area (Å²) >= 11 is 0. The molecule has 0 bridgehead atoms. The molecule has 0 radical (unpaired) electrons. The summed E-state index contributed by atoms with van der Waals surface area (Å²) in [6, 6.07) is 26.2. The Bertz CT molecular complexity index is 1650. The zero-order valence-electron chi connectivity index (χ0n) is 20.3. The van der Waals surface area contributed by atoms with Crippen molar-refractivity contribution in [2.24, 2.45) is 11.8 Å². The number of ketones is 2. The van der Waals surface area contributed by atoms with Crippen LogP contribution in [0.2, 0.25) is 0 Å². The molecule has 186 valence electrons. The number of amides is 2. The van der Waals surface area contributed by atoms with Gasteiger partial charge in [-0.15, -0.1) is 0 Å². The van der Waals surface area contributed by atoms with Crippen LogP contribution >= 0.6 is 0 Å². The number of Topliss-reactive ketones (excluding diaryl/α,β-unsaturated/α-hetero) is 2. The Kier molecular flexibility index (Phi) is 4.71. The average Bonchev–Trinajstić information content (AvgIpc) is 3.52. The second-order valence-electron chi connectivity index (χ2n) is 9.76. The Hall–Kier alpha value is -4.62. The van der Waals surface area contributed by atoms with Crippen LogP contribution in [-0.4, -0.2) is 36.1 Å². The van der Waals surface area contributed by atoms with Crippen molar-refractivity contribution in [3.8, 4) is 5.75 Å². The van der Waals surface area contributed by atoms with Gasteiger partial charge in [0, 0.05) is 11.1 Å². The van der Waals surface area contributed by atoms with E-state index in [1.165, 1.54) is 7.11 Å². The van der Waals surface area contributed by atoms with E-state index in [-0.39, 0.29) is 11.1 Å². The molecule has 3 atom stereocenters. The molecule has 7 heteroatoms. The van der Waals surface area contributed by atoms with Crippen LogP contribution in [0.25, 0.3) is 10.8 Å². The molecular formula is C31H21NO6. The van der Waals surface area contributed by atoms with Gasteiger partial charge in [0.05, 0.1) is 30.7 Å².